The van der Waals surface area contributed by atoms with E-state index in [-0.39, 0.29) is 24.5 Å². The number of nitrogen functional groups attached to an aromatic ring is 1. The minimum atomic E-state index is -0.433. The van der Waals surface area contributed by atoms with E-state index in [0.29, 0.717) is 13.2 Å². The van der Waals surface area contributed by atoms with Crippen molar-refractivity contribution in [1.82, 2.24) is 10.3 Å². The van der Waals surface area contributed by atoms with Gasteiger partial charge in [-0.15, -0.1) is 0 Å². The first kappa shape index (κ1) is 11.4. The van der Waals surface area contributed by atoms with Gasteiger partial charge in [-0.2, -0.15) is 0 Å². The summed E-state index contributed by atoms with van der Waals surface area (Å²) in [6.07, 6.45) is -0.0402. The smallest absolute Gasteiger partial charge is 0.312 e. The summed E-state index contributed by atoms with van der Waals surface area (Å²) in [6, 6.07) is 0. The number of nitrogens with two attached hydrogens (primary N) is 1. The molecule has 0 saturated carbocycles. The van der Waals surface area contributed by atoms with Crippen LogP contribution in [0.2, 0.25) is 0 Å². The Morgan fingerprint density at radius 3 is 2.87 bits per heavy atom. The number of hydrogen-bond acceptors (Lipinski definition) is 7. The lowest BCUT2D eigenvalue weighted by Crippen LogP contribution is -2.13. The number of esters is 1. The van der Waals surface area contributed by atoms with E-state index in [4.69, 9.17) is 15.2 Å². The SMILES string of the molecule is CCOCCOC(=O)Cc1nonc1N. The van der Waals surface area contributed by atoms with Crippen molar-refractivity contribution in [3.05, 3.63) is 5.69 Å². The van der Waals surface area contributed by atoms with Crippen molar-refractivity contribution in [2.45, 2.75) is 13.3 Å². The van der Waals surface area contributed by atoms with Crippen LogP contribution in [0, 0.1) is 0 Å². The molecule has 0 saturated heterocycles. The zero-order chi connectivity index (χ0) is 11.1. The first-order valence-corrected chi connectivity index (χ1v) is 4.54. The van der Waals surface area contributed by atoms with Crippen molar-refractivity contribution in [3.63, 3.8) is 0 Å². The van der Waals surface area contributed by atoms with Gasteiger partial charge in [0.15, 0.2) is 5.82 Å². The van der Waals surface area contributed by atoms with Crippen LogP contribution in [0.1, 0.15) is 12.6 Å². The van der Waals surface area contributed by atoms with E-state index in [1.807, 2.05) is 6.92 Å². The van der Waals surface area contributed by atoms with E-state index in [2.05, 4.69) is 14.9 Å². The maximum Gasteiger partial charge on any atom is 0.312 e. The zero-order valence-electron chi connectivity index (χ0n) is 8.43. The van der Waals surface area contributed by atoms with Gasteiger partial charge in [0, 0.05) is 6.61 Å². The van der Waals surface area contributed by atoms with Crippen molar-refractivity contribution >= 4 is 11.8 Å². The maximum absolute atomic E-state index is 11.2. The molecule has 0 aliphatic carbocycles. The molecule has 7 heteroatoms. The van der Waals surface area contributed by atoms with Gasteiger partial charge in [-0.3, -0.25) is 4.79 Å². The third kappa shape index (κ3) is 3.94. The Kier molecular flexibility index (Phi) is 4.55. The van der Waals surface area contributed by atoms with Gasteiger partial charge in [0.2, 0.25) is 0 Å². The molecule has 0 spiro atoms. The molecule has 0 amide bonds. The summed E-state index contributed by atoms with van der Waals surface area (Å²) in [5.41, 5.74) is 5.65. The highest BCUT2D eigenvalue weighted by Gasteiger charge is 2.12. The molecule has 2 N–H and O–H groups in total. The molecule has 0 atom stereocenters. The van der Waals surface area contributed by atoms with Crippen molar-refractivity contribution in [2.24, 2.45) is 0 Å². The maximum atomic E-state index is 11.2. The quantitative estimate of drug-likeness (QED) is 0.516. The lowest BCUT2D eigenvalue weighted by molar-refractivity contribution is -0.144. The van der Waals surface area contributed by atoms with E-state index in [0.717, 1.165) is 0 Å². The van der Waals surface area contributed by atoms with Crippen LogP contribution in [0.3, 0.4) is 0 Å². The molecular formula is C8H13N3O4. The topological polar surface area (TPSA) is 100 Å². The van der Waals surface area contributed by atoms with Crippen LogP contribution in [-0.4, -0.2) is 36.1 Å². The van der Waals surface area contributed by atoms with E-state index in [1.165, 1.54) is 0 Å². The lowest BCUT2D eigenvalue weighted by Gasteiger charge is -2.03. The molecule has 1 heterocycles. The molecule has 1 aromatic rings. The molecule has 0 aliphatic rings. The molecule has 0 bridgehead atoms. The molecule has 0 unspecified atom stereocenters. The fourth-order valence-electron chi connectivity index (χ4n) is 0.882. The molecule has 0 fully saturated rings. The Labute approximate surface area is 86.5 Å². The van der Waals surface area contributed by atoms with Crippen LogP contribution < -0.4 is 5.73 Å². The Morgan fingerprint density at radius 2 is 2.27 bits per heavy atom. The van der Waals surface area contributed by atoms with Crippen LogP contribution in [0.4, 0.5) is 5.82 Å². The number of ether oxygens (including phenoxy) is 2. The third-order valence-corrected chi connectivity index (χ3v) is 1.59. The van der Waals surface area contributed by atoms with Gasteiger partial charge in [0.1, 0.15) is 12.3 Å². The minimum absolute atomic E-state index is 0.0402. The van der Waals surface area contributed by atoms with Crippen LogP contribution >= 0.6 is 0 Å². The summed E-state index contributed by atoms with van der Waals surface area (Å²) in [7, 11) is 0. The summed E-state index contributed by atoms with van der Waals surface area (Å²) < 4.78 is 14.2. The summed E-state index contributed by atoms with van der Waals surface area (Å²) in [5, 5.41) is 6.80. The van der Waals surface area contributed by atoms with Crippen LogP contribution in [0.15, 0.2) is 4.63 Å². The minimum Gasteiger partial charge on any atom is -0.463 e. The molecule has 1 rings (SSSR count). The number of hydrogen-bond donors (Lipinski definition) is 1. The van der Waals surface area contributed by atoms with Crippen LogP contribution in [0.5, 0.6) is 0 Å². The highest BCUT2D eigenvalue weighted by Crippen LogP contribution is 2.05. The van der Waals surface area contributed by atoms with E-state index in [9.17, 15) is 4.79 Å². The van der Waals surface area contributed by atoms with Gasteiger partial charge in [-0.25, -0.2) is 4.63 Å². The van der Waals surface area contributed by atoms with Gasteiger partial charge in [-0.05, 0) is 12.1 Å². The van der Waals surface area contributed by atoms with Gasteiger partial charge in [0.05, 0.1) is 13.0 Å². The highest BCUT2D eigenvalue weighted by atomic mass is 16.6. The number of anilines is 1. The summed E-state index contributed by atoms with van der Waals surface area (Å²) in [4.78, 5) is 11.2. The second kappa shape index (κ2) is 5.97. The third-order valence-electron chi connectivity index (χ3n) is 1.59. The molecule has 84 valence electrons. The van der Waals surface area contributed by atoms with Gasteiger partial charge in [-0.1, -0.05) is 5.16 Å². The van der Waals surface area contributed by atoms with Crippen molar-refractivity contribution in [3.8, 4) is 0 Å². The molecule has 15 heavy (non-hydrogen) atoms. The average molecular weight is 215 g/mol. The Hall–Kier alpha value is -1.63. The van der Waals surface area contributed by atoms with E-state index < -0.39 is 5.97 Å². The fraction of sp³-hybridized carbons (Fsp3) is 0.625. The Morgan fingerprint density at radius 1 is 1.47 bits per heavy atom. The van der Waals surface area contributed by atoms with Crippen molar-refractivity contribution < 1.29 is 18.9 Å². The standard InChI is InChI=1S/C8H13N3O4/c1-2-13-3-4-14-7(12)5-6-8(9)11-15-10-6/h2-5H2,1H3,(H2,9,11). The Bertz CT molecular complexity index is 313. The lowest BCUT2D eigenvalue weighted by atomic mass is 10.3. The largest absolute Gasteiger partial charge is 0.463 e. The molecule has 0 aliphatic heterocycles. The predicted molar refractivity (Wildman–Crippen MR) is 49.9 cm³/mol. The monoisotopic (exact) mass is 215 g/mol. The number of carbonyl (C=O) groups excluding carboxylic acids is 1. The summed E-state index contributed by atoms with van der Waals surface area (Å²) >= 11 is 0. The fourth-order valence-corrected chi connectivity index (χ4v) is 0.882. The molecule has 0 aromatic carbocycles. The average Bonchev–Trinajstić information content (AvgIpc) is 2.59. The van der Waals surface area contributed by atoms with Crippen molar-refractivity contribution in [2.75, 3.05) is 25.6 Å². The van der Waals surface area contributed by atoms with E-state index >= 15 is 0 Å². The normalized spacial score (nSPS) is 10.2. The van der Waals surface area contributed by atoms with E-state index in [1.54, 1.807) is 0 Å². The number of aromatic nitrogens is 2. The van der Waals surface area contributed by atoms with Crippen LogP contribution in [-0.2, 0) is 20.7 Å². The molecule has 1 aromatic heterocycles. The first-order valence-electron chi connectivity index (χ1n) is 4.54. The van der Waals surface area contributed by atoms with Crippen molar-refractivity contribution in [1.29, 1.82) is 0 Å². The number of carbonyl (C=O) groups is 1. The molecule has 0 radical (unpaired) electrons. The van der Waals surface area contributed by atoms with Gasteiger partial charge < -0.3 is 15.2 Å². The van der Waals surface area contributed by atoms with Crippen LogP contribution in [0.25, 0.3) is 0 Å². The first-order chi connectivity index (χ1) is 7.24. The van der Waals surface area contributed by atoms with Gasteiger partial charge >= 0.3 is 5.97 Å². The predicted octanol–water partition coefficient (Wildman–Crippen LogP) is -0.226. The highest BCUT2D eigenvalue weighted by molar-refractivity contribution is 5.73. The summed E-state index contributed by atoms with van der Waals surface area (Å²) in [6.45, 7) is 3.06. The molecule has 7 nitrogen and oxygen atoms in total. The Balaban J connectivity index is 2.22. The zero-order valence-corrected chi connectivity index (χ0v) is 8.43. The second-order valence-electron chi connectivity index (χ2n) is 2.69. The number of nitrogens with zero attached hydrogens (tertiary/aromatic N) is 2. The second-order valence-corrected chi connectivity index (χ2v) is 2.69. The summed E-state index contributed by atoms with van der Waals surface area (Å²) in [5.74, 6) is -0.325. The molecular weight excluding hydrogens is 202 g/mol. The number of rotatable bonds is 6. The van der Waals surface area contributed by atoms with Gasteiger partial charge in [0.25, 0.3) is 0 Å².